The lowest BCUT2D eigenvalue weighted by molar-refractivity contribution is -0.141. The Morgan fingerprint density at radius 3 is 2.28 bits per heavy atom. The van der Waals surface area contributed by atoms with Gasteiger partial charge >= 0.3 is 0 Å². The molecule has 2 amide bonds. The first-order chi connectivity index (χ1) is 14.2. The third-order valence-corrected chi connectivity index (χ3v) is 5.27. The molecule has 29 heavy (non-hydrogen) atoms. The van der Waals surface area contributed by atoms with Crippen molar-refractivity contribution in [3.63, 3.8) is 0 Å². The van der Waals surface area contributed by atoms with Crippen LogP contribution in [-0.4, -0.2) is 43.0 Å². The Hall–Kier alpha value is -2.66. The van der Waals surface area contributed by atoms with Crippen LogP contribution in [0.15, 0.2) is 60.7 Å². The van der Waals surface area contributed by atoms with Gasteiger partial charge in [-0.3, -0.25) is 9.59 Å². The van der Waals surface area contributed by atoms with Gasteiger partial charge in [-0.2, -0.15) is 0 Å². The average molecular weight is 395 g/mol. The fourth-order valence-electron chi connectivity index (χ4n) is 3.70. The largest absolute Gasteiger partial charge is 0.359 e. The molecule has 2 aromatic rings. The normalized spacial score (nSPS) is 16.6. The molecule has 1 aliphatic rings. The van der Waals surface area contributed by atoms with Gasteiger partial charge in [-0.1, -0.05) is 67.6 Å². The highest BCUT2D eigenvalue weighted by Crippen LogP contribution is 2.26. The number of likely N-dealkylation sites (tertiary alicyclic amines) is 1. The molecule has 0 saturated carbocycles. The summed E-state index contributed by atoms with van der Waals surface area (Å²) < 4.78 is 6.10. The second-order valence-corrected chi connectivity index (χ2v) is 7.48. The Bertz CT molecular complexity index is 740. The van der Waals surface area contributed by atoms with Gasteiger partial charge < -0.3 is 15.0 Å². The lowest BCUT2D eigenvalue weighted by atomic mass is 9.97. The molecule has 0 radical (unpaired) electrons. The lowest BCUT2D eigenvalue weighted by Gasteiger charge is -2.32. The highest BCUT2D eigenvalue weighted by Gasteiger charge is 2.28. The zero-order valence-corrected chi connectivity index (χ0v) is 17.0. The molecule has 3 rings (SSSR count). The van der Waals surface area contributed by atoms with Crippen LogP contribution < -0.4 is 5.32 Å². The molecule has 1 heterocycles. The summed E-state index contributed by atoms with van der Waals surface area (Å²) in [6.07, 6.45) is 2.29. The van der Waals surface area contributed by atoms with Gasteiger partial charge in [0.15, 0.2) is 0 Å². The van der Waals surface area contributed by atoms with Gasteiger partial charge in [0.1, 0.15) is 12.7 Å². The Kier molecular flexibility index (Phi) is 7.82. The fourth-order valence-corrected chi connectivity index (χ4v) is 3.70. The summed E-state index contributed by atoms with van der Waals surface area (Å²) in [4.78, 5) is 26.9. The third-order valence-electron chi connectivity index (χ3n) is 5.27. The predicted octanol–water partition coefficient (Wildman–Crippen LogP) is 3.56. The van der Waals surface area contributed by atoms with E-state index in [0.717, 1.165) is 30.4 Å². The summed E-state index contributed by atoms with van der Waals surface area (Å²) in [5.41, 5.74) is 2.03. The van der Waals surface area contributed by atoms with E-state index in [1.54, 1.807) is 4.90 Å². The number of nitrogens with one attached hydrogen (secondary N) is 1. The van der Waals surface area contributed by atoms with Crippen molar-refractivity contribution in [2.45, 2.75) is 32.3 Å². The summed E-state index contributed by atoms with van der Waals surface area (Å²) in [5.74, 6) is -0.134. The standard InChI is InChI=1S/C24H30N2O3/c1-2-15-25-24(28)21-14-9-16-26(17-21)22(27)18-29-23(19-10-5-3-6-11-19)20-12-7-4-8-13-20/h3-8,10-13,21,23H,2,9,14-18H2,1H3,(H,25,28). The Labute approximate surface area is 173 Å². The minimum Gasteiger partial charge on any atom is -0.359 e. The maximum atomic E-state index is 12.8. The Morgan fingerprint density at radius 1 is 1.07 bits per heavy atom. The molecule has 0 aromatic heterocycles. The van der Waals surface area contributed by atoms with Crippen LogP contribution >= 0.6 is 0 Å². The zero-order valence-electron chi connectivity index (χ0n) is 17.0. The lowest BCUT2D eigenvalue weighted by Crippen LogP contribution is -2.46. The number of hydrogen-bond acceptors (Lipinski definition) is 3. The number of amides is 2. The molecule has 5 nitrogen and oxygen atoms in total. The number of carbonyl (C=O) groups excluding carboxylic acids is 2. The number of piperidine rings is 1. The zero-order chi connectivity index (χ0) is 20.5. The van der Waals surface area contributed by atoms with Gasteiger partial charge in [0.05, 0.1) is 5.92 Å². The average Bonchev–Trinajstić information content (AvgIpc) is 2.79. The van der Waals surface area contributed by atoms with Crippen LogP contribution in [0.5, 0.6) is 0 Å². The maximum absolute atomic E-state index is 12.8. The topological polar surface area (TPSA) is 58.6 Å². The van der Waals surface area contributed by atoms with E-state index in [9.17, 15) is 9.59 Å². The maximum Gasteiger partial charge on any atom is 0.248 e. The minimum atomic E-state index is -0.296. The molecule has 154 valence electrons. The van der Waals surface area contributed by atoms with Crippen molar-refractivity contribution < 1.29 is 14.3 Å². The Balaban J connectivity index is 1.62. The Morgan fingerprint density at radius 2 is 1.69 bits per heavy atom. The van der Waals surface area contributed by atoms with E-state index >= 15 is 0 Å². The van der Waals surface area contributed by atoms with E-state index in [4.69, 9.17) is 4.74 Å². The molecule has 0 spiro atoms. The third kappa shape index (κ3) is 5.91. The summed E-state index contributed by atoms with van der Waals surface area (Å²) >= 11 is 0. The van der Waals surface area contributed by atoms with Gasteiger partial charge in [0.2, 0.25) is 11.8 Å². The second kappa shape index (κ2) is 10.8. The van der Waals surface area contributed by atoms with Crippen LogP contribution in [0.25, 0.3) is 0 Å². The van der Waals surface area contributed by atoms with Crippen LogP contribution in [0.4, 0.5) is 0 Å². The number of rotatable bonds is 8. The van der Waals surface area contributed by atoms with Crippen molar-refractivity contribution in [2.24, 2.45) is 5.92 Å². The van der Waals surface area contributed by atoms with E-state index < -0.39 is 0 Å². The SMILES string of the molecule is CCCNC(=O)C1CCCN(C(=O)COC(c2ccccc2)c2ccccc2)C1. The first-order valence-electron chi connectivity index (χ1n) is 10.5. The number of nitrogens with zero attached hydrogens (tertiary/aromatic N) is 1. The number of benzene rings is 2. The number of hydrogen-bond donors (Lipinski definition) is 1. The molecule has 1 fully saturated rings. The molecule has 1 unspecified atom stereocenters. The molecule has 0 bridgehead atoms. The van der Waals surface area contributed by atoms with Crippen molar-refractivity contribution in [2.75, 3.05) is 26.2 Å². The van der Waals surface area contributed by atoms with Gasteiger partial charge in [0.25, 0.3) is 0 Å². The summed E-state index contributed by atoms with van der Waals surface area (Å²) in [6, 6.07) is 19.9. The molecule has 1 aliphatic heterocycles. The molecule has 5 heteroatoms. The second-order valence-electron chi connectivity index (χ2n) is 7.48. The van der Waals surface area contributed by atoms with E-state index in [1.165, 1.54) is 0 Å². The predicted molar refractivity (Wildman–Crippen MR) is 113 cm³/mol. The van der Waals surface area contributed by atoms with Crippen molar-refractivity contribution in [1.82, 2.24) is 10.2 Å². The fraction of sp³-hybridized carbons (Fsp3) is 0.417. The van der Waals surface area contributed by atoms with Crippen molar-refractivity contribution >= 4 is 11.8 Å². The molecule has 1 saturated heterocycles. The number of ether oxygens (including phenoxy) is 1. The highest BCUT2D eigenvalue weighted by atomic mass is 16.5. The minimum absolute atomic E-state index is 0.00223. The molecule has 2 aromatic carbocycles. The molecule has 0 aliphatic carbocycles. The van der Waals surface area contributed by atoms with E-state index in [2.05, 4.69) is 5.32 Å². The van der Waals surface area contributed by atoms with Gasteiger partial charge in [0, 0.05) is 19.6 Å². The molecule has 1 N–H and O–H groups in total. The summed E-state index contributed by atoms with van der Waals surface area (Å²) in [6.45, 7) is 3.87. The molecular formula is C24H30N2O3. The quantitative estimate of drug-likeness (QED) is 0.745. The smallest absolute Gasteiger partial charge is 0.248 e. The highest BCUT2D eigenvalue weighted by molar-refractivity contribution is 5.81. The van der Waals surface area contributed by atoms with Crippen LogP contribution in [0.3, 0.4) is 0 Å². The van der Waals surface area contributed by atoms with Crippen molar-refractivity contribution in [3.8, 4) is 0 Å². The summed E-state index contributed by atoms with van der Waals surface area (Å²) in [5, 5.41) is 2.95. The van der Waals surface area contributed by atoms with Crippen LogP contribution in [0, 0.1) is 5.92 Å². The van der Waals surface area contributed by atoms with Crippen LogP contribution in [0.1, 0.15) is 43.4 Å². The monoisotopic (exact) mass is 394 g/mol. The van der Waals surface area contributed by atoms with Gasteiger partial charge in [-0.15, -0.1) is 0 Å². The van der Waals surface area contributed by atoms with Gasteiger partial charge in [-0.05, 0) is 30.4 Å². The van der Waals surface area contributed by atoms with E-state index in [-0.39, 0.29) is 30.4 Å². The molecular weight excluding hydrogens is 364 g/mol. The first kappa shape index (κ1) is 21.1. The van der Waals surface area contributed by atoms with Gasteiger partial charge in [-0.25, -0.2) is 0 Å². The summed E-state index contributed by atoms with van der Waals surface area (Å²) in [7, 11) is 0. The van der Waals surface area contributed by atoms with E-state index in [0.29, 0.717) is 19.6 Å². The number of carbonyl (C=O) groups is 2. The van der Waals surface area contributed by atoms with Crippen molar-refractivity contribution in [1.29, 1.82) is 0 Å². The van der Waals surface area contributed by atoms with E-state index in [1.807, 2.05) is 67.6 Å². The first-order valence-corrected chi connectivity index (χ1v) is 10.5. The van der Waals surface area contributed by atoms with Crippen LogP contribution in [-0.2, 0) is 14.3 Å². The molecule has 1 atom stereocenters. The van der Waals surface area contributed by atoms with Crippen molar-refractivity contribution in [3.05, 3.63) is 71.8 Å². The van der Waals surface area contributed by atoms with Crippen LogP contribution in [0.2, 0.25) is 0 Å².